The molecule has 0 atom stereocenters. The first-order chi connectivity index (χ1) is 11.5. The Morgan fingerprint density at radius 2 is 1.83 bits per heavy atom. The second-order valence-corrected chi connectivity index (χ2v) is 5.93. The molecule has 0 unspecified atom stereocenters. The number of carbonyl (C=O) groups is 3. The molecule has 1 aromatic heterocycles. The van der Waals surface area contributed by atoms with E-state index in [2.05, 4.69) is 15.5 Å². The summed E-state index contributed by atoms with van der Waals surface area (Å²) in [4.78, 5) is 37.6. The largest absolute Gasteiger partial charge is 0.349 e. The lowest BCUT2D eigenvalue weighted by molar-refractivity contribution is 0.0649. The number of H-pyrrole nitrogens is 1. The van der Waals surface area contributed by atoms with E-state index < -0.39 is 0 Å². The lowest BCUT2D eigenvalue weighted by Crippen LogP contribution is -2.38. The molecule has 2 N–H and O–H groups in total. The van der Waals surface area contributed by atoms with Crippen molar-refractivity contribution in [2.24, 2.45) is 0 Å². The third-order valence-electron chi connectivity index (χ3n) is 3.95. The fourth-order valence-electron chi connectivity index (χ4n) is 2.56. The van der Waals surface area contributed by atoms with Gasteiger partial charge in [-0.25, -0.2) is 0 Å². The van der Waals surface area contributed by atoms with E-state index in [0.717, 1.165) is 10.6 Å². The molecule has 0 fully saturated rings. The van der Waals surface area contributed by atoms with Crippen molar-refractivity contribution in [1.29, 1.82) is 0 Å². The van der Waals surface area contributed by atoms with Gasteiger partial charge in [0.15, 0.2) is 0 Å². The molecule has 1 aliphatic rings. The van der Waals surface area contributed by atoms with Crippen molar-refractivity contribution in [1.82, 2.24) is 20.4 Å². The normalized spacial score (nSPS) is 13.5. The van der Waals surface area contributed by atoms with Crippen LogP contribution in [0.1, 0.15) is 56.7 Å². The Morgan fingerprint density at radius 1 is 1.21 bits per heavy atom. The van der Waals surface area contributed by atoms with Gasteiger partial charge in [-0.15, -0.1) is 0 Å². The van der Waals surface area contributed by atoms with Crippen LogP contribution in [0.15, 0.2) is 30.3 Å². The SMILES string of the molecule is CC(C)c1cc(C(=O)NCCN2C(=O)c3ccccc3C2=O)n[nH]1. The summed E-state index contributed by atoms with van der Waals surface area (Å²) in [6, 6.07) is 8.40. The quantitative estimate of drug-likeness (QED) is 0.815. The van der Waals surface area contributed by atoms with Crippen LogP contribution < -0.4 is 5.32 Å². The number of hydrogen-bond donors (Lipinski definition) is 2. The number of benzene rings is 1. The highest BCUT2D eigenvalue weighted by Crippen LogP contribution is 2.21. The minimum atomic E-state index is -0.338. The van der Waals surface area contributed by atoms with Crippen LogP contribution in [0.3, 0.4) is 0 Å². The molecule has 2 heterocycles. The molecule has 0 radical (unpaired) electrons. The minimum absolute atomic E-state index is 0.125. The number of aromatic amines is 1. The van der Waals surface area contributed by atoms with E-state index in [-0.39, 0.29) is 36.7 Å². The van der Waals surface area contributed by atoms with Gasteiger partial charge in [0.2, 0.25) is 0 Å². The maximum absolute atomic E-state index is 12.2. The molecule has 7 heteroatoms. The maximum atomic E-state index is 12.2. The summed E-state index contributed by atoms with van der Waals surface area (Å²) in [5, 5.41) is 9.46. The standard InChI is InChI=1S/C17H18N4O3/c1-10(2)13-9-14(20-19-13)15(22)18-7-8-21-16(23)11-5-3-4-6-12(11)17(21)24/h3-6,9-10H,7-8H2,1-2H3,(H,18,22)(H,19,20). The van der Waals surface area contributed by atoms with E-state index in [0.29, 0.717) is 16.8 Å². The van der Waals surface area contributed by atoms with Gasteiger partial charge >= 0.3 is 0 Å². The summed E-state index contributed by atoms with van der Waals surface area (Å²) in [7, 11) is 0. The van der Waals surface area contributed by atoms with Crippen molar-refractivity contribution in [2.45, 2.75) is 19.8 Å². The van der Waals surface area contributed by atoms with Crippen LogP contribution in [0.2, 0.25) is 0 Å². The lowest BCUT2D eigenvalue weighted by Gasteiger charge is -2.13. The highest BCUT2D eigenvalue weighted by atomic mass is 16.2. The highest BCUT2D eigenvalue weighted by molar-refractivity contribution is 6.21. The summed E-state index contributed by atoms with van der Waals surface area (Å²) < 4.78 is 0. The molecule has 2 aromatic rings. The molecule has 24 heavy (non-hydrogen) atoms. The van der Waals surface area contributed by atoms with Crippen molar-refractivity contribution >= 4 is 17.7 Å². The zero-order valence-electron chi connectivity index (χ0n) is 13.5. The molecule has 0 aliphatic carbocycles. The first-order valence-corrected chi connectivity index (χ1v) is 7.77. The molecule has 3 amide bonds. The van der Waals surface area contributed by atoms with E-state index in [1.165, 1.54) is 0 Å². The highest BCUT2D eigenvalue weighted by Gasteiger charge is 2.34. The Kier molecular flexibility index (Phi) is 4.16. The van der Waals surface area contributed by atoms with Crippen LogP contribution in [0, 0.1) is 0 Å². The Labute approximate surface area is 139 Å². The third kappa shape index (κ3) is 2.80. The average molecular weight is 326 g/mol. The fourth-order valence-corrected chi connectivity index (χ4v) is 2.56. The van der Waals surface area contributed by atoms with Gasteiger partial charge in [0, 0.05) is 18.8 Å². The Bertz CT molecular complexity index is 775. The summed E-state index contributed by atoms with van der Waals surface area (Å²) in [5.74, 6) is -0.745. The molecule has 0 bridgehead atoms. The van der Waals surface area contributed by atoms with Gasteiger partial charge in [0.1, 0.15) is 5.69 Å². The number of imide groups is 1. The summed E-state index contributed by atoms with van der Waals surface area (Å²) in [6.45, 7) is 4.29. The predicted molar refractivity (Wildman–Crippen MR) is 86.8 cm³/mol. The molecule has 7 nitrogen and oxygen atoms in total. The molecule has 3 rings (SSSR count). The minimum Gasteiger partial charge on any atom is -0.349 e. The number of fused-ring (bicyclic) bond motifs is 1. The second-order valence-electron chi connectivity index (χ2n) is 5.93. The second kappa shape index (κ2) is 6.27. The topological polar surface area (TPSA) is 95.2 Å². The van der Waals surface area contributed by atoms with Crippen molar-refractivity contribution in [3.05, 3.63) is 52.8 Å². The maximum Gasteiger partial charge on any atom is 0.271 e. The number of rotatable bonds is 5. The van der Waals surface area contributed by atoms with Crippen LogP contribution in [-0.2, 0) is 0 Å². The van der Waals surface area contributed by atoms with Gasteiger partial charge in [-0.2, -0.15) is 5.10 Å². The van der Waals surface area contributed by atoms with E-state index in [9.17, 15) is 14.4 Å². The monoisotopic (exact) mass is 326 g/mol. The van der Waals surface area contributed by atoms with Crippen molar-refractivity contribution in [3.63, 3.8) is 0 Å². The van der Waals surface area contributed by atoms with Gasteiger partial charge in [0.25, 0.3) is 17.7 Å². The summed E-state index contributed by atoms with van der Waals surface area (Å²) >= 11 is 0. The van der Waals surface area contributed by atoms with Gasteiger partial charge in [-0.05, 0) is 24.1 Å². The Morgan fingerprint density at radius 3 is 2.38 bits per heavy atom. The van der Waals surface area contributed by atoms with Crippen molar-refractivity contribution in [3.8, 4) is 0 Å². The van der Waals surface area contributed by atoms with Gasteiger partial charge in [-0.3, -0.25) is 24.4 Å². The fraction of sp³-hybridized carbons (Fsp3) is 0.294. The van der Waals surface area contributed by atoms with E-state index in [1.807, 2.05) is 13.8 Å². The molecule has 124 valence electrons. The lowest BCUT2D eigenvalue weighted by atomic mass is 10.1. The number of amides is 3. The Hall–Kier alpha value is -2.96. The number of aromatic nitrogens is 2. The molecule has 0 saturated carbocycles. The van der Waals surface area contributed by atoms with Crippen LogP contribution >= 0.6 is 0 Å². The van der Waals surface area contributed by atoms with Crippen LogP contribution in [-0.4, -0.2) is 45.9 Å². The Balaban J connectivity index is 1.58. The molecule has 1 aromatic carbocycles. The van der Waals surface area contributed by atoms with E-state index in [4.69, 9.17) is 0 Å². The van der Waals surface area contributed by atoms with Gasteiger partial charge in [-0.1, -0.05) is 26.0 Å². The number of nitrogens with zero attached hydrogens (tertiary/aromatic N) is 2. The number of carbonyl (C=O) groups excluding carboxylic acids is 3. The van der Waals surface area contributed by atoms with Crippen molar-refractivity contribution < 1.29 is 14.4 Å². The van der Waals surface area contributed by atoms with Crippen molar-refractivity contribution in [2.75, 3.05) is 13.1 Å². The molecular weight excluding hydrogens is 308 g/mol. The average Bonchev–Trinajstić information content (AvgIpc) is 3.15. The summed E-state index contributed by atoms with van der Waals surface area (Å²) in [6.07, 6.45) is 0. The van der Waals surface area contributed by atoms with E-state index in [1.54, 1.807) is 30.3 Å². The molecule has 1 aliphatic heterocycles. The van der Waals surface area contributed by atoms with Crippen LogP contribution in [0.4, 0.5) is 0 Å². The number of hydrogen-bond acceptors (Lipinski definition) is 4. The van der Waals surface area contributed by atoms with Crippen LogP contribution in [0.5, 0.6) is 0 Å². The first kappa shape index (κ1) is 15.9. The smallest absolute Gasteiger partial charge is 0.271 e. The summed E-state index contributed by atoms with van der Waals surface area (Å²) in [5.41, 5.74) is 1.98. The predicted octanol–water partition coefficient (Wildman–Crippen LogP) is 1.56. The van der Waals surface area contributed by atoms with Gasteiger partial charge < -0.3 is 5.32 Å². The zero-order valence-corrected chi connectivity index (χ0v) is 13.5. The zero-order chi connectivity index (χ0) is 17.3. The number of nitrogens with one attached hydrogen (secondary N) is 2. The first-order valence-electron chi connectivity index (χ1n) is 7.77. The van der Waals surface area contributed by atoms with E-state index >= 15 is 0 Å². The third-order valence-corrected chi connectivity index (χ3v) is 3.95. The van der Waals surface area contributed by atoms with Gasteiger partial charge in [0.05, 0.1) is 11.1 Å². The molecular formula is C17H18N4O3. The molecule has 0 spiro atoms. The molecule has 0 saturated heterocycles. The van der Waals surface area contributed by atoms with Crippen LogP contribution in [0.25, 0.3) is 0 Å².